The standard InChI is InChI=1S/C21H18N4O2S/c26-20-15-6-2-1-5-14(15)13-17(22-20)21(27)25-11-9-24(10-12-25)19-16-7-3-4-8-18(16)28-23-19/h1-8,13H,9-12H2,(H,22,26). The number of fused-ring (bicyclic) bond motifs is 2. The molecule has 5 rings (SSSR count). The molecule has 6 nitrogen and oxygen atoms in total. The molecule has 3 heterocycles. The molecule has 1 N–H and O–H groups in total. The van der Waals surface area contributed by atoms with Crippen LogP contribution >= 0.6 is 11.5 Å². The van der Waals surface area contributed by atoms with E-state index in [4.69, 9.17) is 0 Å². The first-order valence-corrected chi connectivity index (χ1v) is 9.99. The molecule has 0 saturated carbocycles. The van der Waals surface area contributed by atoms with Crippen molar-refractivity contribution >= 4 is 44.1 Å². The molecule has 1 aliphatic rings. The van der Waals surface area contributed by atoms with Crippen LogP contribution in [0.15, 0.2) is 59.4 Å². The smallest absolute Gasteiger partial charge is 0.270 e. The molecule has 28 heavy (non-hydrogen) atoms. The van der Waals surface area contributed by atoms with Gasteiger partial charge >= 0.3 is 0 Å². The lowest BCUT2D eigenvalue weighted by molar-refractivity contribution is 0.0740. The number of H-pyrrole nitrogens is 1. The summed E-state index contributed by atoms with van der Waals surface area (Å²) in [4.78, 5) is 32.0. The van der Waals surface area contributed by atoms with Crippen molar-refractivity contribution in [1.82, 2.24) is 14.3 Å². The van der Waals surface area contributed by atoms with Gasteiger partial charge in [-0.1, -0.05) is 30.3 Å². The summed E-state index contributed by atoms with van der Waals surface area (Å²) in [6.45, 7) is 2.63. The van der Waals surface area contributed by atoms with Crippen molar-refractivity contribution in [2.75, 3.05) is 31.1 Å². The number of piperazine rings is 1. The zero-order valence-corrected chi connectivity index (χ0v) is 15.9. The average Bonchev–Trinajstić information content (AvgIpc) is 3.17. The molecule has 140 valence electrons. The van der Waals surface area contributed by atoms with Crippen LogP contribution in [0.25, 0.3) is 20.9 Å². The van der Waals surface area contributed by atoms with E-state index in [1.165, 1.54) is 16.2 Å². The highest BCUT2D eigenvalue weighted by molar-refractivity contribution is 7.13. The summed E-state index contributed by atoms with van der Waals surface area (Å²) in [5, 5.41) is 2.53. The number of rotatable bonds is 2. The fourth-order valence-electron chi connectivity index (χ4n) is 3.72. The summed E-state index contributed by atoms with van der Waals surface area (Å²) in [7, 11) is 0. The lowest BCUT2D eigenvalue weighted by atomic mass is 10.1. The van der Waals surface area contributed by atoms with Crippen LogP contribution in [-0.4, -0.2) is 46.3 Å². The predicted molar refractivity (Wildman–Crippen MR) is 112 cm³/mol. The monoisotopic (exact) mass is 390 g/mol. The average molecular weight is 390 g/mol. The second-order valence-electron chi connectivity index (χ2n) is 6.88. The van der Waals surface area contributed by atoms with E-state index in [0.29, 0.717) is 24.2 Å². The number of carbonyl (C=O) groups is 1. The lowest BCUT2D eigenvalue weighted by Crippen LogP contribution is -2.49. The Kier molecular flexibility index (Phi) is 4.09. The Morgan fingerprint density at radius 1 is 0.964 bits per heavy atom. The Morgan fingerprint density at radius 2 is 1.68 bits per heavy atom. The number of nitrogens with zero attached hydrogens (tertiary/aromatic N) is 3. The number of pyridine rings is 1. The molecule has 1 aliphatic heterocycles. The summed E-state index contributed by atoms with van der Waals surface area (Å²) >= 11 is 1.50. The molecular formula is C21H18N4O2S. The number of aromatic nitrogens is 2. The zero-order valence-electron chi connectivity index (χ0n) is 15.1. The third-order valence-corrected chi connectivity index (χ3v) is 6.03. The third kappa shape index (κ3) is 2.84. The maximum atomic E-state index is 12.9. The van der Waals surface area contributed by atoms with Gasteiger partial charge in [-0.05, 0) is 41.2 Å². The summed E-state index contributed by atoms with van der Waals surface area (Å²) in [5.74, 6) is 0.859. The second-order valence-corrected chi connectivity index (χ2v) is 7.69. The van der Waals surface area contributed by atoms with Crippen LogP contribution in [0, 0.1) is 0 Å². The lowest BCUT2D eigenvalue weighted by Gasteiger charge is -2.35. The Balaban J connectivity index is 1.35. The van der Waals surface area contributed by atoms with Gasteiger partial charge < -0.3 is 14.8 Å². The minimum Gasteiger partial charge on any atom is -0.352 e. The number of nitrogens with one attached hydrogen (secondary N) is 1. The van der Waals surface area contributed by atoms with Gasteiger partial charge in [0.1, 0.15) is 11.5 Å². The highest BCUT2D eigenvalue weighted by Crippen LogP contribution is 2.29. The van der Waals surface area contributed by atoms with Gasteiger partial charge in [-0.25, -0.2) is 0 Å². The molecule has 0 unspecified atom stereocenters. The van der Waals surface area contributed by atoms with Gasteiger partial charge in [0.2, 0.25) is 0 Å². The fraction of sp³-hybridized carbons (Fsp3) is 0.190. The first kappa shape index (κ1) is 16.9. The van der Waals surface area contributed by atoms with Crippen molar-refractivity contribution in [2.24, 2.45) is 0 Å². The van der Waals surface area contributed by atoms with E-state index in [1.807, 2.05) is 30.3 Å². The maximum absolute atomic E-state index is 12.9. The minimum absolute atomic E-state index is 0.134. The van der Waals surface area contributed by atoms with Crippen LogP contribution in [0.3, 0.4) is 0 Å². The molecule has 4 aromatic rings. The molecule has 2 aromatic heterocycles. The van der Waals surface area contributed by atoms with Crippen LogP contribution < -0.4 is 10.5 Å². The maximum Gasteiger partial charge on any atom is 0.270 e. The molecule has 0 bridgehead atoms. The fourth-order valence-corrected chi connectivity index (χ4v) is 4.51. The van der Waals surface area contributed by atoms with Crippen LogP contribution in [0.2, 0.25) is 0 Å². The van der Waals surface area contributed by atoms with Crippen molar-refractivity contribution in [3.63, 3.8) is 0 Å². The van der Waals surface area contributed by atoms with Gasteiger partial charge in [-0.15, -0.1) is 0 Å². The first-order valence-electron chi connectivity index (χ1n) is 9.21. The third-order valence-electron chi connectivity index (χ3n) is 5.21. The highest BCUT2D eigenvalue weighted by atomic mass is 32.1. The van der Waals surface area contributed by atoms with Gasteiger partial charge in [0.15, 0.2) is 0 Å². The Bertz CT molecular complexity index is 1240. The van der Waals surface area contributed by atoms with Crippen LogP contribution in [0.1, 0.15) is 10.5 Å². The number of aromatic amines is 1. The summed E-state index contributed by atoms with van der Waals surface area (Å²) < 4.78 is 5.78. The minimum atomic E-state index is -0.228. The molecule has 2 aromatic carbocycles. The van der Waals surface area contributed by atoms with Gasteiger partial charge in [0, 0.05) is 37.0 Å². The summed E-state index contributed by atoms with van der Waals surface area (Å²) in [6, 6.07) is 17.3. The molecule has 0 aliphatic carbocycles. The largest absolute Gasteiger partial charge is 0.352 e. The predicted octanol–water partition coefficient (Wildman–Crippen LogP) is 3.10. The number of hydrogen-bond acceptors (Lipinski definition) is 5. The van der Waals surface area contributed by atoms with E-state index in [9.17, 15) is 9.59 Å². The SMILES string of the molecule is O=C(c1cc2ccccc2c(=O)[nH]1)N1CCN(c2nsc3ccccc23)CC1. The molecule has 7 heteroatoms. The Morgan fingerprint density at radius 3 is 2.50 bits per heavy atom. The number of benzene rings is 2. The summed E-state index contributed by atoms with van der Waals surface area (Å²) in [5.41, 5.74) is 0.116. The van der Waals surface area contributed by atoms with E-state index in [-0.39, 0.29) is 11.5 Å². The molecule has 1 fully saturated rings. The van der Waals surface area contributed by atoms with Crippen molar-refractivity contribution in [3.05, 3.63) is 70.6 Å². The number of anilines is 1. The zero-order chi connectivity index (χ0) is 19.1. The normalized spacial score (nSPS) is 14.7. The number of carbonyl (C=O) groups excluding carboxylic acids is 1. The van der Waals surface area contributed by atoms with Crippen molar-refractivity contribution in [1.29, 1.82) is 0 Å². The van der Waals surface area contributed by atoms with Gasteiger partial charge in [0.25, 0.3) is 11.5 Å². The molecule has 1 saturated heterocycles. The van der Waals surface area contributed by atoms with E-state index in [0.717, 1.165) is 29.7 Å². The molecule has 0 spiro atoms. The van der Waals surface area contributed by atoms with Crippen molar-refractivity contribution in [3.8, 4) is 0 Å². The molecule has 0 atom stereocenters. The summed E-state index contributed by atoms with van der Waals surface area (Å²) in [6.07, 6.45) is 0. The quantitative estimate of drug-likeness (QED) is 0.571. The Hall–Kier alpha value is -3.19. The van der Waals surface area contributed by atoms with Crippen molar-refractivity contribution < 1.29 is 4.79 Å². The number of hydrogen-bond donors (Lipinski definition) is 1. The van der Waals surface area contributed by atoms with E-state index in [1.54, 1.807) is 17.0 Å². The molecule has 0 radical (unpaired) electrons. The van der Waals surface area contributed by atoms with Gasteiger partial charge in [-0.2, -0.15) is 4.37 Å². The van der Waals surface area contributed by atoms with Gasteiger partial charge in [0.05, 0.1) is 4.70 Å². The van der Waals surface area contributed by atoms with Crippen molar-refractivity contribution in [2.45, 2.75) is 0 Å². The molecular weight excluding hydrogens is 372 g/mol. The van der Waals surface area contributed by atoms with E-state index >= 15 is 0 Å². The van der Waals surface area contributed by atoms with Crippen LogP contribution in [0.4, 0.5) is 5.82 Å². The Labute approximate surface area is 165 Å². The topological polar surface area (TPSA) is 69.3 Å². The van der Waals surface area contributed by atoms with Crippen LogP contribution in [0.5, 0.6) is 0 Å². The first-order chi connectivity index (χ1) is 13.7. The van der Waals surface area contributed by atoms with E-state index < -0.39 is 0 Å². The second kappa shape index (κ2) is 6.76. The van der Waals surface area contributed by atoms with Gasteiger partial charge in [-0.3, -0.25) is 9.59 Å². The number of amides is 1. The highest BCUT2D eigenvalue weighted by Gasteiger charge is 2.25. The van der Waals surface area contributed by atoms with E-state index in [2.05, 4.69) is 26.4 Å². The molecule has 1 amide bonds. The van der Waals surface area contributed by atoms with Crippen LogP contribution in [-0.2, 0) is 0 Å².